The smallest absolute Gasteiger partial charge is 0.272 e. The third kappa shape index (κ3) is 3.39. The molecule has 0 spiro atoms. The van der Waals surface area contributed by atoms with Crippen LogP contribution in [-0.4, -0.2) is 16.1 Å². The first-order valence-corrected chi connectivity index (χ1v) is 6.90. The largest absolute Gasteiger partial charge is 0.292 e. The average Bonchev–Trinajstić information content (AvgIpc) is 3.07. The highest BCUT2D eigenvalue weighted by atomic mass is 16.6. The van der Waals surface area contributed by atoms with Crippen molar-refractivity contribution in [2.75, 3.05) is 0 Å². The molecule has 0 unspecified atom stereocenters. The molecule has 0 saturated heterocycles. The van der Waals surface area contributed by atoms with Crippen LogP contribution in [0.25, 0.3) is 11.3 Å². The van der Waals surface area contributed by atoms with Gasteiger partial charge in [-0.3, -0.25) is 14.7 Å². The Morgan fingerprint density at radius 3 is 2.45 bits per heavy atom. The Labute approximate surface area is 127 Å². The minimum absolute atomic E-state index is 0.312. The van der Waals surface area contributed by atoms with E-state index in [1.54, 1.807) is 6.07 Å². The Morgan fingerprint density at radius 1 is 1.05 bits per heavy atom. The van der Waals surface area contributed by atoms with Crippen LogP contribution in [0.5, 0.6) is 0 Å². The molecular weight excluding hydrogens is 278 g/mol. The number of aromatic nitrogens is 2. The highest BCUT2D eigenvalue weighted by Gasteiger charge is 2.10. The van der Waals surface area contributed by atoms with Gasteiger partial charge in [0.25, 0.3) is 5.91 Å². The summed E-state index contributed by atoms with van der Waals surface area (Å²) in [6.45, 7) is 0.312. The molecule has 0 aliphatic heterocycles. The molecule has 0 aliphatic carbocycles. The Bertz CT molecular complexity index is 739. The summed E-state index contributed by atoms with van der Waals surface area (Å²) >= 11 is 0. The number of hydrogen-bond donors (Lipinski definition) is 2. The predicted octanol–water partition coefficient (Wildman–Crippen LogP) is 2.94. The zero-order chi connectivity index (χ0) is 15.2. The van der Waals surface area contributed by atoms with Crippen molar-refractivity contribution in [3.63, 3.8) is 0 Å². The number of nitrogens with one attached hydrogen (secondary N) is 2. The fourth-order valence-corrected chi connectivity index (χ4v) is 2.01. The SMILES string of the molecule is O=C(NOCc1ccccc1)c1cc(-c2ccccc2)n[nH]1. The van der Waals surface area contributed by atoms with Gasteiger partial charge >= 0.3 is 0 Å². The van der Waals surface area contributed by atoms with Gasteiger partial charge in [0.05, 0.1) is 12.3 Å². The van der Waals surface area contributed by atoms with Crippen LogP contribution in [-0.2, 0) is 11.4 Å². The Hall–Kier alpha value is -2.92. The van der Waals surface area contributed by atoms with Gasteiger partial charge in [-0.15, -0.1) is 0 Å². The molecule has 5 nitrogen and oxygen atoms in total. The summed E-state index contributed by atoms with van der Waals surface area (Å²) < 4.78 is 0. The number of carbonyl (C=O) groups is 1. The third-order valence-electron chi connectivity index (χ3n) is 3.14. The van der Waals surface area contributed by atoms with Crippen LogP contribution in [0.15, 0.2) is 66.7 Å². The van der Waals surface area contributed by atoms with Crippen LogP contribution in [0.4, 0.5) is 0 Å². The van der Waals surface area contributed by atoms with Crippen LogP contribution in [0.1, 0.15) is 16.1 Å². The third-order valence-corrected chi connectivity index (χ3v) is 3.14. The zero-order valence-corrected chi connectivity index (χ0v) is 11.8. The van der Waals surface area contributed by atoms with Crippen molar-refractivity contribution < 1.29 is 9.63 Å². The number of benzene rings is 2. The molecule has 0 aliphatic rings. The van der Waals surface area contributed by atoms with E-state index in [-0.39, 0.29) is 5.91 Å². The second-order valence-corrected chi connectivity index (χ2v) is 4.74. The Morgan fingerprint density at radius 2 is 1.73 bits per heavy atom. The van der Waals surface area contributed by atoms with Gasteiger partial charge in [-0.05, 0) is 11.6 Å². The van der Waals surface area contributed by atoms with Gasteiger partial charge in [-0.1, -0.05) is 60.7 Å². The summed E-state index contributed by atoms with van der Waals surface area (Å²) in [4.78, 5) is 17.2. The van der Waals surface area contributed by atoms with Gasteiger partial charge in [0.2, 0.25) is 0 Å². The number of hydroxylamine groups is 1. The van der Waals surface area contributed by atoms with Crippen molar-refractivity contribution in [3.05, 3.63) is 78.0 Å². The fourth-order valence-electron chi connectivity index (χ4n) is 2.01. The van der Waals surface area contributed by atoms with E-state index in [0.717, 1.165) is 11.1 Å². The van der Waals surface area contributed by atoms with Crippen LogP contribution >= 0.6 is 0 Å². The minimum Gasteiger partial charge on any atom is -0.272 e. The van der Waals surface area contributed by atoms with Gasteiger partial charge in [0.15, 0.2) is 0 Å². The molecule has 0 fully saturated rings. The van der Waals surface area contributed by atoms with Crippen molar-refractivity contribution >= 4 is 5.91 Å². The van der Waals surface area contributed by atoms with Gasteiger partial charge < -0.3 is 0 Å². The molecule has 0 radical (unpaired) electrons. The molecule has 2 aromatic carbocycles. The lowest BCUT2D eigenvalue weighted by Crippen LogP contribution is -2.23. The van der Waals surface area contributed by atoms with E-state index in [0.29, 0.717) is 18.0 Å². The van der Waals surface area contributed by atoms with Gasteiger partial charge in [-0.2, -0.15) is 5.10 Å². The molecule has 0 bridgehead atoms. The minimum atomic E-state index is -0.356. The van der Waals surface area contributed by atoms with Crippen molar-refractivity contribution in [1.29, 1.82) is 0 Å². The summed E-state index contributed by atoms with van der Waals surface area (Å²) in [7, 11) is 0. The molecule has 110 valence electrons. The van der Waals surface area contributed by atoms with Crippen LogP contribution in [0, 0.1) is 0 Å². The van der Waals surface area contributed by atoms with E-state index in [1.165, 1.54) is 0 Å². The molecule has 5 heteroatoms. The standard InChI is InChI=1S/C17H15N3O2/c21-17(20-22-12-13-7-3-1-4-8-13)16-11-15(18-19-16)14-9-5-2-6-10-14/h1-11H,12H2,(H,18,19)(H,20,21). The topological polar surface area (TPSA) is 67.0 Å². The van der Waals surface area contributed by atoms with E-state index in [4.69, 9.17) is 4.84 Å². The average molecular weight is 293 g/mol. The van der Waals surface area contributed by atoms with E-state index in [2.05, 4.69) is 15.7 Å². The number of hydrogen-bond acceptors (Lipinski definition) is 3. The first kappa shape index (κ1) is 14.0. The maximum Gasteiger partial charge on any atom is 0.292 e. The Kier molecular flexibility index (Phi) is 4.27. The quantitative estimate of drug-likeness (QED) is 0.711. The fraction of sp³-hybridized carbons (Fsp3) is 0.0588. The number of rotatable bonds is 5. The zero-order valence-electron chi connectivity index (χ0n) is 11.8. The van der Waals surface area contributed by atoms with Gasteiger partial charge in [0, 0.05) is 5.56 Å². The summed E-state index contributed by atoms with van der Waals surface area (Å²) in [5.41, 5.74) is 5.40. The molecule has 3 rings (SSSR count). The summed E-state index contributed by atoms with van der Waals surface area (Å²) in [5.74, 6) is -0.356. The molecule has 2 N–H and O–H groups in total. The lowest BCUT2D eigenvalue weighted by molar-refractivity contribution is 0.0229. The van der Waals surface area contributed by atoms with Crippen molar-refractivity contribution in [3.8, 4) is 11.3 Å². The molecule has 3 aromatic rings. The monoisotopic (exact) mass is 293 g/mol. The molecular formula is C17H15N3O2. The molecule has 0 saturated carbocycles. The first-order valence-electron chi connectivity index (χ1n) is 6.90. The first-order chi connectivity index (χ1) is 10.8. The maximum atomic E-state index is 12.0. The lowest BCUT2D eigenvalue weighted by Gasteiger charge is -2.04. The van der Waals surface area contributed by atoms with E-state index < -0.39 is 0 Å². The van der Waals surface area contributed by atoms with Crippen LogP contribution in [0.3, 0.4) is 0 Å². The van der Waals surface area contributed by atoms with E-state index in [1.807, 2.05) is 60.7 Å². The maximum absolute atomic E-state index is 12.0. The number of carbonyl (C=O) groups excluding carboxylic acids is 1. The highest BCUT2D eigenvalue weighted by Crippen LogP contribution is 2.16. The van der Waals surface area contributed by atoms with Crippen molar-refractivity contribution in [2.45, 2.75) is 6.61 Å². The molecule has 1 heterocycles. The van der Waals surface area contributed by atoms with Gasteiger partial charge in [0.1, 0.15) is 5.69 Å². The molecule has 1 amide bonds. The number of aromatic amines is 1. The second-order valence-electron chi connectivity index (χ2n) is 4.74. The van der Waals surface area contributed by atoms with Crippen LogP contribution < -0.4 is 5.48 Å². The second kappa shape index (κ2) is 6.69. The lowest BCUT2D eigenvalue weighted by atomic mass is 10.1. The normalized spacial score (nSPS) is 10.4. The van der Waals surface area contributed by atoms with E-state index in [9.17, 15) is 4.79 Å². The van der Waals surface area contributed by atoms with Crippen LogP contribution in [0.2, 0.25) is 0 Å². The highest BCUT2D eigenvalue weighted by molar-refractivity contribution is 5.92. The number of H-pyrrole nitrogens is 1. The summed E-state index contributed by atoms with van der Waals surface area (Å²) in [6, 6.07) is 21.0. The molecule has 1 aromatic heterocycles. The van der Waals surface area contributed by atoms with Crippen molar-refractivity contribution in [1.82, 2.24) is 15.7 Å². The van der Waals surface area contributed by atoms with Gasteiger partial charge in [-0.25, -0.2) is 5.48 Å². The molecule has 22 heavy (non-hydrogen) atoms. The number of amides is 1. The summed E-state index contributed by atoms with van der Waals surface area (Å²) in [6.07, 6.45) is 0. The predicted molar refractivity (Wildman–Crippen MR) is 82.7 cm³/mol. The molecule has 0 atom stereocenters. The number of nitrogens with zero attached hydrogens (tertiary/aromatic N) is 1. The van der Waals surface area contributed by atoms with Crippen molar-refractivity contribution in [2.24, 2.45) is 0 Å². The van der Waals surface area contributed by atoms with E-state index >= 15 is 0 Å². The summed E-state index contributed by atoms with van der Waals surface area (Å²) in [5, 5.41) is 6.84. The Balaban J connectivity index is 1.58.